The maximum absolute atomic E-state index is 6.02. The van der Waals surface area contributed by atoms with E-state index in [1.807, 2.05) is 12.3 Å². The van der Waals surface area contributed by atoms with E-state index in [0.717, 1.165) is 24.7 Å². The summed E-state index contributed by atoms with van der Waals surface area (Å²) in [5, 5.41) is 0. The van der Waals surface area contributed by atoms with Gasteiger partial charge in [-0.1, -0.05) is 13.0 Å². The van der Waals surface area contributed by atoms with Crippen LogP contribution in [0, 0.1) is 11.8 Å². The van der Waals surface area contributed by atoms with Gasteiger partial charge in [0.2, 0.25) is 0 Å². The first-order chi connectivity index (χ1) is 7.25. The van der Waals surface area contributed by atoms with Gasteiger partial charge in [0.1, 0.15) is 0 Å². The Balaban J connectivity index is 1.98. The Labute approximate surface area is 91.9 Å². The van der Waals surface area contributed by atoms with Crippen LogP contribution in [0.25, 0.3) is 0 Å². The fourth-order valence-corrected chi connectivity index (χ4v) is 2.52. The molecule has 0 aliphatic heterocycles. The molecule has 82 valence electrons. The monoisotopic (exact) mass is 204 g/mol. The smallest absolute Gasteiger partial charge is 0.0406 e. The van der Waals surface area contributed by atoms with Crippen LogP contribution in [0.5, 0.6) is 0 Å². The van der Waals surface area contributed by atoms with Crippen molar-refractivity contribution >= 4 is 0 Å². The quantitative estimate of drug-likeness (QED) is 0.803. The zero-order valence-electron chi connectivity index (χ0n) is 9.39. The highest BCUT2D eigenvalue weighted by molar-refractivity contribution is 5.05. The summed E-state index contributed by atoms with van der Waals surface area (Å²) in [5.41, 5.74) is 7.23. The first-order valence-corrected chi connectivity index (χ1v) is 5.91. The zero-order valence-corrected chi connectivity index (χ0v) is 9.39. The molecule has 0 radical (unpaired) electrons. The number of nitrogens with two attached hydrogens (primary N) is 1. The molecule has 1 fully saturated rings. The van der Waals surface area contributed by atoms with E-state index >= 15 is 0 Å². The topological polar surface area (TPSA) is 38.9 Å². The van der Waals surface area contributed by atoms with Gasteiger partial charge in [0.15, 0.2) is 0 Å². The molecule has 1 heterocycles. The predicted octanol–water partition coefficient (Wildman–Crippen LogP) is 2.39. The van der Waals surface area contributed by atoms with E-state index in [4.69, 9.17) is 5.73 Å². The highest BCUT2D eigenvalue weighted by Crippen LogP contribution is 2.31. The van der Waals surface area contributed by atoms with Gasteiger partial charge in [0.25, 0.3) is 0 Å². The Morgan fingerprint density at radius 1 is 1.40 bits per heavy atom. The Morgan fingerprint density at radius 2 is 2.27 bits per heavy atom. The van der Waals surface area contributed by atoms with Crippen molar-refractivity contribution in [1.29, 1.82) is 0 Å². The molecule has 1 aliphatic carbocycles. The van der Waals surface area contributed by atoms with Crippen LogP contribution in [0.15, 0.2) is 24.4 Å². The van der Waals surface area contributed by atoms with Crippen molar-refractivity contribution in [3.05, 3.63) is 30.1 Å². The molecule has 1 aromatic rings. The number of rotatable bonds is 2. The number of hydrogen-bond donors (Lipinski definition) is 1. The molecule has 0 saturated heterocycles. The first-order valence-electron chi connectivity index (χ1n) is 5.91. The Hall–Kier alpha value is -0.890. The molecule has 2 rings (SSSR count). The van der Waals surface area contributed by atoms with E-state index in [1.54, 1.807) is 0 Å². The molecule has 2 N–H and O–H groups in total. The minimum absolute atomic E-state index is 0.412. The Kier molecular flexibility index (Phi) is 3.37. The molecule has 2 nitrogen and oxygen atoms in total. The maximum Gasteiger partial charge on any atom is 0.0406 e. The van der Waals surface area contributed by atoms with Gasteiger partial charge in [-0.15, -0.1) is 0 Å². The SMILES string of the molecule is CC1CCC(N)CC1Cc1ccccn1. The van der Waals surface area contributed by atoms with Crippen molar-refractivity contribution in [3.63, 3.8) is 0 Å². The molecule has 0 bridgehead atoms. The molecule has 3 unspecified atom stereocenters. The van der Waals surface area contributed by atoms with E-state index in [9.17, 15) is 0 Å². The van der Waals surface area contributed by atoms with Crippen LogP contribution in [-0.4, -0.2) is 11.0 Å². The summed E-state index contributed by atoms with van der Waals surface area (Å²) in [6.45, 7) is 2.35. The zero-order chi connectivity index (χ0) is 10.7. The van der Waals surface area contributed by atoms with E-state index in [0.29, 0.717) is 6.04 Å². The highest BCUT2D eigenvalue weighted by atomic mass is 14.7. The molecule has 1 aromatic heterocycles. The fraction of sp³-hybridized carbons (Fsp3) is 0.615. The summed E-state index contributed by atoms with van der Waals surface area (Å²) in [6, 6.07) is 6.57. The van der Waals surface area contributed by atoms with Gasteiger partial charge < -0.3 is 5.73 Å². The second kappa shape index (κ2) is 4.75. The lowest BCUT2D eigenvalue weighted by Gasteiger charge is -2.32. The Morgan fingerprint density at radius 3 is 3.00 bits per heavy atom. The van der Waals surface area contributed by atoms with Crippen molar-refractivity contribution in [2.45, 2.75) is 38.6 Å². The van der Waals surface area contributed by atoms with Crippen LogP contribution in [0.2, 0.25) is 0 Å². The van der Waals surface area contributed by atoms with Crippen molar-refractivity contribution in [1.82, 2.24) is 4.98 Å². The van der Waals surface area contributed by atoms with Crippen LogP contribution in [0.4, 0.5) is 0 Å². The third kappa shape index (κ3) is 2.78. The molecule has 1 saturated carbocycles. The molecule has 2 heteroatoms. The van der Waals surface area contributed by atoms with E-state index in [-0.39, 0.29) is 0 Å². The summed E-state index contributed by atoms with van der Waals surface area (Å²) < 4.78 is 0. The van der Waals surface area contributed by atoms with Gasteiger partial charge in [-0.05, 0) is 49.7 Å². The maximum atomic E-state index is 6.02. The standard InChI is InChI=1S/C13H20N2/c1-10-5-6-12(14)8-11(10)9-13-4-2-3-7-15-13/h2-4,7,10-12H,5-6,8-9,14H2,1H3. The molecular weight excluding hydrogens is 184 g/mol. The van der Waals surface area contributed by atoms with Crippen molar-refractivity contribution in [2.75, 3.05) is 0 Å². The Bertz CT molecular complexity index is 297. The van der Waals surface area contributed by atoms with Crippen molar-refractivity contribution in [3.8, 4) is 0 Å². The molecule has 0 spiro atoms. The lowest BCUT2D eigenvalue weighted by molar-refractivity contribution is 0.230. The van der Waals surface area contributed by atoms with Gasteiger partial charge in [0.05, 0.1) is 0 Å². The van der Waals surface area contributed by atoms with Crippen LogP contribution >= 0.6 is 0 Å². The summed E-state index contributed by atoms with van der Waals surface area (Å²) >= 11 is 0. The van der Waals surface area contributed by atoms with Gasteiger partial charge in [-0.25, -0.2) is 0 Å². The fourth-order valence-electron chi connectivity index (χ4n) is 2.52. The van der Waals surface area contributed by atoms with Crippen LogP contribution < -0.4 is 5.73 Å². The van der Waals surface area contributed by atoms with E-state index < -0.39 is 0 Å². The molecule has 0 aromatic carbocycles. The van der Waals surface area contributed by atoms with Gasteiger partial charge in [-0.2, -0.15) is 0 Å². The molecule has 3 atom stereocenters. The van der Waals surface area contributed by atoms with Crippen LogP contribution in [0.3, 0.4) is 0 Å². The lowest BCUT2D eigenvalue weighted by Crippen LogP contribution is -2.33. The van der Waals surface area contributed by atoms with E-state index in [1.165, 1.54) is 18.5 Å². The lowest BCUT2D eigenvalue weighted by atomic mass is 9.76. The first kappa shape index (κ1) is 10.6. The van der Waals surface area contributed by atoms with E-state index in [2.05, 4.69) is 24.0 Å². The van der Waals surface area contributed by atoms with Crippen LogP contribution in [0.1, 0.15) is 31.9 Å². The van der Waals surface area contributed by atoms with Gasteiger partial charge in [0, 0.05) is 17.9 Å². The predicted molar refractivity (Wildman–Crippen MR) is 62.4 cm³/mol. The molecule has 1 aliphatic rings. The second-order valence-electron chi connectivity index (χ2n) is 4.84. The summed E-state index contributed by atoms with van der Waals surface area (Å²) in [4.78, 5) is 4.39. The molecule has 15 heavy (non-hydrogen) atoms. The summed E-state index contributed by atoms with van der Waals surface area (Å²) in [6.07, 6.45) is 6.61. The van der Waals surface area contributed by atoms with Crippen molar-refractivity contribution < 1.29 is 0 Å². The summed E-state index contributed by atoms with van der Waals surface area (Å²) in [7, 11) is 0. The number of hydrogen-bond acceptors (Lipinski definition) is 2. The minimum Gasteiger partial charge on any atom is -0.328 e. The molecular formula is C13H20N2. The van der Waals surface area contributed by atoms with Gasteiger partial charge in [-0.3, -0.25) is 4.98 Å². The average Bonchev–Trinajstić information content (AvgIpc) is 2.25. The third-order valence-electron chi connectivity index (χ3n) is 3.60. The number of aromatic nitrogens is 1. The van der Waals surface area contributed by atoms with Crippen LogP contribution in [-0.2, 0) is 6.42 Å². The number of nitrogens with zero attached hydrogens (tertiary/aromatic N) is 1. The molecule has 0 amide bonds. The minimum atomic E-state index is 0.412. The second-order valence-corrected chi connectivity index (χ2v) is 4.84. The normalized spacial score (nSPS) is 31.5. The number of pyridine rings is 1. The van der Waals surface area contributed by atoms with Gasteiger partial charge >= 0.3 is 0 Å². The largest absolute Gasteiger partial charge is 0.328 e. The third-order valence-corrected chi connectivity index (χ3v) is 3.60. The average molecular weight is 204 g/mol. The highest BCUT2D eigenvalue weighted by Gasteiger charge is 2.25. The van der Waals surface area contributed by atoms with Crippen molar-refractivity contribution in [2.24, 2.45) is 17.6 Å². The summed E-state index contributed by atoms with van der Waals surface area (Å²) in [5.74, 6) is 1.52.